The highest BCUT2D eigenvalue weighted by molar-refractivity contribution is 7.98. The van der Waals surface area contributed by atoms with Gasteiger partial charge in [-0.2, -0.15) is 4.98 Å². The van der Waals surface area contributed by atoms with E-state index < -0.39 is 0 Å². The summed E-state index contributed by atoms with van der Waals surface area (Å²) in [6.07, 6.45) is 0.986. The topological polar surface area (TPSA) is 75.4 Å². The van der Waals surface area contributed by atoms with Gasteiger partial charge in [-0.25, -0.2) is 9.50 Å². The van der Waals surface area contributed by atoms with E-state index >= 15 is 0 Å². The maximum Gasteiger partial charge on any atom is 0.254 e. The van der Waals surface area contributed by atoms with E-state index in [-0.39, 0.29) is 18.3 Å². The number of halogens is 1. The first-order chi connectivity index (χ1) is 13.6. The Labute approximate surface area is 180 Å². The molecule has 0 radical (unpaired) electrons. The van der Waals surface area contributed by atoms with Gasteiger partial charge in [0, 0.05) is 42.3 Å². The van der Waals surface area contributed by atoms with Crippen LogP contribution in [0.2, 0.25) is 0 Å². The van der Waals surface area contributed by atoms with Crippen molar-refractivity contribution < 1.29 is 4.79 Å². The molecule has 29 heavy (non-hydrogen) atoms. The molecule has 0 unspecified atom stereocenters. The highest BCUT2D eigenvalue weighted by atomic mass is 35.5. The number of fused-ring (bicyclic) bond motifs is 1. The lowest BCUT2D eigenvalue weighted by Gasteiger charge is -2.21. The number of carbonyl (C=O) groups excluding carboxylic acids is 1. The van der Waals surface area contributed by atoms with Gasteiger partial charge in [-0.05, 0) is 44.5 Å². The van der Waals surface area contributed by atoms with E-state index in [1.54, 1.807) is 4.52 Å². The monoisotopic (exact) mass is 432 g/mol. The Kier molecular flexibility index (Phi) is 7.10. The first-order valence-electron chi connectivity index (χ1n) is 9.53. The van der Waals surface area contributed by atoms with Gasteiger partial charge in [0.1, 0.15) is 0 Å². The average Bonchev–Trinajstić information content (AvgIpc) is 2.91. The quantitative estimate of drug-likeness (QED) is 0.639. The first kappa shape index (κ1) is 21.5. The third-order valence-electron chi connectivity index (χ3n) is 4.83. The number of aryl methyl sites for hydroxylation is 2. The fraction of sp³-hybridized carbons (Fsp3) is 0.400. The molecule has 2 aromatic heterocycles. The van der Waals surface area contributed by atoms with Gasteiger partial charge in [0.25, 0.3) is 11.7 Å². The Hall–Kier alpha value is -2.16. The van der Waals surface area contributed by atoms with Crippen LogP contribution in [0.1, 0.15) is 33.7 Å². The zero-order chi connectivity index (χ0) is 19.5. The van der Waals surface area contributed by atoms with Crippen molar-refractivity contribution in [3.63, 3.8) is 0 Å². The molecular weight excluding hydrogens is 408 g/mol. The molecule has 154 valence electrons. The number of rotatable bonds is 4. The van der Waals surface area contributed by atoms with Crippen molar-refractivity contribution in [1.29, 1.82) is 0 Å². The summed E-state index contributed by atoms with van der Waals surface area (Å²) < 4.78 is 1.76. The van der Waals surface area contributed by atoms with Crippen molar-refractivity contribution >= 4 is 35.9 Å². The lowest BCUT2D eigenvalue weighted by atomic mass is 10.1. The van der Waals surface area contributed by atoms with Gasteiger partial charge in [-0.3, -0.25) is 4.79 Å². The second-order valence-electron chi connectivity index (χ2n) is 6.99. The Bertz CT molecular complexity index is 1000. The van der Waals surface area contributed by atoms with E-state index in [0.29, 0.717) is 16.7 Å². The summed E-state index contributed by atoms with van der Waals surface area (Å²) in [4.78, 5) is 24.0. The molecule has 1 N–H and O–H groups in total. The molecule has 1 saturated heterocycles. The van der Waals surface area contributed by atoms with Crippen LogP contribution in [-0.4, -0.2) is 56.6 Å². The van der Waals surface area contributed by atoms with Crippen LogP contribution >= 0.6 is 24.2 Å². The van der Waals surface area contributed by atoms with Gasteiger partial charge in [0.05, 0.1) is 0 Å². The molecule has 4 rings (SSSR count). The largest absolute Gasteiger partial charge is 0.337 e. The molecule has 3 aromatic rings. The van der Waals surface area contributed by atoms with Gasteiger partial charge >= 0.3 is 0 Å². The van der Waals surface area contributed by atoms with E-state index in [1.807, 2.05) is 49.1 Å². The van der Waals surface area contributed by atoms with Crippen molar-refractivity contribution in [2.45, 2.75) is 31.2 Å². The minimum absolute atomic E-state index is 0. The van der Waals surface area contributed by atoms with Crippen LogP contribution < -0.4 is 5.32 Å². The third-order valence-corrected chi connectivity index (χ3v) is 5.72. The van der Waals surface area contributed by atoms with E-state index in [4.69, 9.17) is 0 Å². The molecule has 3 heterocycles. The number of amides is 1. The summed E-state index contributed by atoms with van der Waals surface area (Å²) in [5.74, 6) is 1.36. The summed E-state index contributed by atoms with van der Waals surface area (Å²) in [6, 6.07) is 9.82. The molecule has 0 saturated carbocycles. The SMILES string of the molecule is Cc1cc(C)n2nc(SCc3ccccc3C(=O)N3CCCNCC3)nc2n1.Cl. The Balaban J connectivity index is 0.00000240. The number of nitrogens with one attached hydrogen (secondary N) is 1. The number of thioether (sulfide) groups is 1. The van der Waals surface area contributed by atoms with Crippen molar-refractivity contribution in [1.82, 2.24) is 29.8 Å². The summed E-state index contributed by atoms with van der Waals surface area (Å²) in [5, 5.41) is 8.56. The molecule has 9 heteroatoms. The van der Waals surface area contributed by atoms with Gasteiger partial charge in [-0.1, -0.05) is 30.0 Å². The Morgan fingerprint density at radius 3 is 2.86 bits per heavy atom. The van der Waals surface area contributed by atoms with Crippen molar-refractivity contribution in [2.24, 2.45) is 0 Å². The van der Waals surface area contributed by atoms with Crippen LogP contribution in [0.15, 0.2) is 35.5 Å². The van der Waals surface area contributed by atoms with Gasteiger partial charge < -0.3 is 10.2 Å². The fourth-order valence-electron chi connectivity index (χ4n) is 3.43. The Morgan fingerprint density at radius 2 is 2.00 bits per heavy atom. The van der Waals surface area contributed by atoms with E-state index in [1.165, 1.54) is 11.8 Å². The van der Waals surface area contributed by atoms with Crippen LogP contribution in [0.5, 0.6) is 0 Å². The highest BCUT2D eigenvalue weighted by Crippen LogP contribution is 2.23. The second-order valence-corrected chi connectivity index (χ2v) is 7.93. The maximum atomic E-state index is 13.1. The minimum Gasteiger partial charge on any atom is -0.337 e. The highest BCUT2D eigenvalue weighted by Gasteiger charge is 2.20. The second kappa shape index (κ2) is 9.56. The molecule has 1 amide bonds. The average molecular weight is 433 g/mol. The molecule has 0 atom stereocenters. The molecule has 7 nitrogen and oxygen atoms in total. The smallest absolute Gasteiger partial charge is 0.254 e. The number of benzene rings is 1. The third kappa shape index (κ3) is 4.88. The lowest BCUT2D eigenvalue weighted by Crippen LogP contribution is -2.34. The molecule has 1 aromatic carbocycles. The summed E-state index contributed by atoms with van der Waals surface area (Å²) in [6.45, 7) is 7.31. The number of carbonyl (C=O) groups is 1. The molecule has 1 fully saturated rings. The van der Waals surface area contributed by atoms with Crippen LogP contribution in [0.25, 0.3) is 5.78 Å². The predicted octanol–water partition coefficient (Wildman–Crippen LogP) is 2.89. The number of hydrogen-bond donors (Lipinski definition) is 1. The fourth-order valence-corrected chi connectivity index (χ4v) is 4.25. The van der Waals surface area contributed by atoms with E-state index in [0.717, 1.165) is 55.1 Å². The Morgan fingerprint density at radius 1 is 1.17 bits per heavy atom. The van der Waals surface area contributed by atoms with Crippen molar-refractivity contribution in [3.05, 3.63) is 52.8 Å². The first-order valence-corrected chi connectivity index (χ1v) is 10.5. The van der Waals surface area contributed by atoms with Crippen LogP contribution in [0.3, 0.4) is 0 Å². The summed E-state index contributed by atoms with van der Waals surface area (Å²) in [7, 11) is 0. The molecule has 1 aliphatic rings. The molecule has 0 aliphatic carbocycles. The van der Waals surface area contributed by atoms with Gasteiger partial charge in [0.15, 0.2) is 0 Å². The summed E-state index contributed by atoms with van der Waals surface area (Å²) in [5.41, 5.74) is 3.71. The minimum atomic E-state index is 0. The molecule has 0 spiro atoms. The lowest BCUT2D eigenvalue weighted by molar-refractivity contribution is 0.0765. The zero-order valence-electron chi connectivity index (χ0n) is 16.6. The predicted molar refractivity (Wildman–Crippen MR) is 117 cm³/mol. The van der Waals surface area contributed by atoms with Crippen LogP contribution in [0.4, 0.5) is 0 Å². The number of aromatic nitrogens is 4. The zero-order valence-corrected chi connectivity index (χ0v) is 18.2. The normalized spacial score (nSPS) is 14.5. The molecule has 1 aliphatic heterocycles. The number of nitrogens with zero attached hydrogens (tertiary/aromatic N) is 5. The van der Waals surface area contributed by atoms with E-state index in [9.17, 15) is 4.79 Å². The standard InChI is InChI=1S/C20H24N6OS.ClH/c1-14-12-15(2)26-19(22-14)23-20(24-26)28-13-16-6-3-4-7-17(16)18(27)25-10-5-8-21-9-11-25;/h3-4,6-7,12,21H,5,8-11,13H2,1-2H3;1H. The van der Waals surface area contributed by atoms with Crippen molar-refractivity contribution in [3.8, 4) is 0 Å². The van der Waals surface area contributed by atoms with Crippen molar-refractivity contribution in [2.75, 3.05) is 26.2 Å². The van der Waals surface area contributed by atoms with E-state index in [2.05, 4.69) is 20.4 Å². The van der Waals surface area contributed by atoms with Gasteiger partial charge in [0.2, 0.25) is 5.16 Å². The van der Waals surface area contributed by atoms with Crippen LogP contribution in [0, 0.1) is 13.8 Å². The molecule has 0 bridgehead atoms. The maximum absolute atomic E-state index is 13.1. The summed E-state index contributed by atoms with van der Waals surface area (Å²) >= 11 is 1.53. The number of hydrogen-bond acceptors (Lipinski definition) is 6. The molecular formula is C20H25ClN6OS. The van der Waals surface area contributed by atoms with Gasteiger partial charge in [-0.15, -0.1) is 17.5 Å². The van der Waals surface area contributed by atoms with Crippen LogP contribution in [-0.2, 0) is 5.75 Å².